The summed E-state index contributed by atoms with van der Waals surface area (Å²) in [4.78, 5) is 30.3. The van der Waals surface area contributed by atoms with E-state index < -0.39 is 17.7 Å². The van der Waals surface area contributed by atoms with Crippen molar-refractivity contribution in [3.63, 3.8) is 0 Å². The number of aliphatic hydroxyl groups is 1. The normalized spacial score (nSPS) is 20.9. The first-order valence-corrected chi connectivity index (χ1v) is 12.4. The molecule has 0 aromatic heterocycles. The lowest BCUT2D eigenvalue weighted by Gasteiger charge is -2.28. The number of Topliss-reactive ketones (excluding diaryl/α,β-unsaturated/α-hetero) is 1. The number of rotatable bonds is 9. The fraction of sp³-hybridized carbons (Fsp3) is 0.429. The molecule has 2 aliphatic heterocycles. The maximum absolute atomic E-state index is 13.3. The summed E-state index contributed by atoms with van der Waals surface area (Å²) in [7, 11) is 0. The van der Waals surface area contributed by atoms with Gasteiger partial charge in [0.1, 0.15) is 23.4 Å². The zero-order valence-electron chi connectivity index (χ0n) is 20.9. The van der Waals surface area contributed by atoms with E-state index in [1.54, 1.807) is 11.0 Å². The van der Waals surface area contributed by atoms with E-state index in [1.165, 1.54) is 0 Å². The molecule has 7 nitrogen and oxygen atoms in total. The minimum Gasteiger partial charge on any atom is -0.507 e. The van der Waals surface area contributed by atoms with Gasteiger partial charge in [0.2, 0.25) is 0 Å². The molecule has 1 N–H and O–H groups in total. The summed E-state index contributed by atoms with van der Waals surface area (Å²) in [6.07, 6.45) is 0.800. The second kappa shape index (κ2) is 10.5. The van der Waals surface area contributed by atoms with Gasteiger partial charge in [0.05, 0.1) is 18.2 Å². The van der Waals surface area contributed by atoms with Gasteiger partial charge in [-0.3, -0.25) is 9.59 Å². The zero-order chi connectivity index (χ0) is 25.1. The second-order valence-electron chi connectivity index (χ2n) is 8.98. The number of benzene rings is 2. The van der Waals surface area contributed by atoms with Gasteiger partial charge in [0.25, 0.3) is 11.7 Å². The molecule has 1 fully saturated rings. The molecule has 4 rings (SSSR count). The molecule has 1 saturated heterocycles. The number of carbonyl (C=O) groups excluding carboxylic acids is 2. The Morgan fingerprint density at radius 1 is 1.11 bits per heavy atom. The predicted molar refractivity (Wildman–Crippen MR) is 135 cm³/mol. The van der Waals surface area contributed by atoms with Crippen molar-refractivity contribution in [1.82, 2.24) is 9.80 Å². The number of aliphatic hydroxyl groups excluding tert-OH is 1. The average Bonchev–Trinajstić information content (AvgIpc) is 3.35. The molecule has 7 heteroatoms. The molecule has 0 unspecified atom stereocenters. The van der Waals surface area contributed by atoms with Crippen LogP contribution >= 0.6 is 0 Å². The smallest absolute Gasteiger partial charge is 0.295 e. The van der Waals surface area contributed by atoms with E-state index in [9.17, 15) is 14.7 Å². The van der Waals surface area contributed by atoms with Crippen molar-refractivity contribution in [2.75, 3.05) is 32.8 Å². The molecule has 2 aromatic carbocycles. The van der Waals surface area contributed by atoms with Crippen LogP contribution in [0.4, 0.5) is 0 Å². The highest BCUT2D eigenvalue weighted by atomic mass is 16.5. The quantitative estimate of drug-likeness (QED) is 0.331. The van der Waals surface area contributed by atoms with E-state index in [1.807, 2.05) is 50.2 Å². The Labute approximate surface area is 206 Å². The highest BCUT2D eigenvalue weighted by Gasteiger charge is 2.46. The van der Waals surface area contributed by atoms with Crippen LogP contribution in [0.25, 0.3) is 5.76 Å². The number of nitrogens with zero attached hydrogens (tertiary/aromatic N) is 2. The van der Waals surface area contributed by atoms with Gasteiger partial charge in [-0.15, -0.1) is 0 Å². The van der Waals surface area contributed by atoms with Crippen molar-refractivity contribution < 1.29 is 24.2 Å². The van der Waals surface area contributed by atoms with Crippen LogP contribution in [0, 0.1) is 0 Å². The van der Waals surface area contributed by atoms with Gasteiger partial charge in [-0.2, -0.15) is 0 Å². The first-order chi connectivity index (χ1) is 16.9. The lowest BCUT2D eigenvalue weighted by atomic mass is 9.94. The van der Waals surface area contributed by atoms with Gasteiger partial charge in [-0.25, -0.2) is 0 Å². The number of amides is 1. The fourth-order valence-electron chi connectivity index (χ4n) is 4.88. The van der Waals surface area contributed by atoms with Gasteiger partial charge in [-0.05, 0) is 68.4 Å². The summed E-state index contributed by atoms with van der Waals surface area (Å²) in [5, 5.41) is 11.4. The van der Waals surface area contributed by atoms with Gasteiger partial charge in [-0.1, -0.05) is 26.0 Å². The summed E-state index contributed by atoms with van der Waals surface area (Å²) >= 11 is 0. The zero-order valence-corrected chi connectivity index (χ0v) is 20.9. The number of likely N-dealkylation sites (N-methyl/N-ethyl adjacent to an activating group) is 1. The Kier molecular flexibility index (Phi) is 7.45. The lowest BCUT2D eigenvalue weighted by molar-refractivity contribution is -0.140. The van der Waals surface area contributed by atoms with Crippen LogP contribution in [0.5, 0.6) is 11.5 Å². The van der Waals surface area contributed by atoms with E-state index >= 15 is 0 Å². The van der Waals surface area contributed by atoms with Crippen LogP contribution < -0.4 is 9.47 Å². The van der Waals surface area contributed by atoms with Crippen molar-refractivity contribution in [3.8, 4) is 11.5 Å². The molecule has 0 aliphatic carbocycles. The summed E-state index contributed by atoms with van der Waals surface area (Å²) in [5.41, 5.74) is 2.37. The van der Waals surface area contributed by atoms with Crippen LogP contribution in [0.1, 0.15) is 50.4 Å². The highest BCUT2D eigenvalue weighted by Crippen LogP contribution is 2.40. The van der Waals surface area contributed by atoms with E-state index in [0.29, 0.717) is 31.0 Å². The van der Waals surface area contributed by atoms with E-state index in [4.69, 9.17) is 9.47 Å². The van der Waals surface area contributed by atoms with Crippen molar-refractivity contribution in [2.45, 2.75) is 46.3 Å². The lowest BCUT2D eigenvalue weighted by Crippen LogP contribution is -2.38. The summed E-state index contributed by atoms with van der Waals surface area (Å²) in [5.74, 6) is 0.0950. The minimum atomic E-state index is -0.676. The van der Waals surface area contributed by atoms with E-state index in [-0.39, 0.29) is 17.4 Å². The Bertz CT molecular complexity index is 1120. The number of ketones is 1. The highest BCUT2D eigenvalue weighted by molar-refractivity contribution is 6.46. The van der Waals surface area contributed by atoms with Gasteiger partial charge < -0.3 is 24.4 Å². The molecule has 2 heterocycles. The molecule has 0 radical (unpaired) electrons. The number of hydrogen-bond acceptors (Lipinski definition) is 6. The average molecular weight is 479 g/mol. The Morgan fingerprint density at radius 3 is 2.49 bits per heavy atom. The SMILES string of the molecule is CCOc1ccc([C@@H]2C(=C(O)c3ccc4c(c3)C[C@@H](C)O4)C(=O)C(=O)N2CCN(CC)CC)cc1. The van der Waals surface area contributed by atoms with Crippen LogP contribution in [0.2, 0.25) is 0 Å². The van der Waals surface area contributed by atoms with E-state index in [0.717, 1.165) is 36.4 Å². The summed E-state index contributed by atoms with van der Waals surface area (Å²) in [6.45, 7) is 11.3. The summed E-state index contributed by atoms with van der Waals surface area (Å²) < 4.78 is 11.3. The third kappa shape index (κ3) is 4.91. The molecule has 0 spiro atoms. The maximum atomic E-state index is 13.3. The van der Waals surface area contributed by atoms with Gasteiger partial charge >= 0.3 is 0 Å². The first kappa shape index (κ1) is 24.8. The molecule has 2 atom stereocenters. The van der Waals surface area contributed by atoms with Crippen LogP contribution in [0.15, 0.2) is 48.0 Å². The van der Waals surface area contributed by atoms with Crippen molar-refractivity contribution in [2.24, 2.45) is 0 Å². The largest absolute Gasteiger partial charge is 0.507 e. The number of ether oxygens (including phenoxy) is 2. The van der Waals surface area contributed by atoms with E-state index in [2.05, 4.69) is 18.7 Å². The molecule has 2 aromatic rings. The Balaban J connectivity index is 1.76. The van der Waals surface area contributed by atoms with Gasteiger partial charge in [0, 0.05) is 25.1 Å². The van der Waals surface area contributed by atoms with Crippen LogP contribution in [-0.4, -0.2) is 65.5 Å². The molecule has 35 heavy (non-hydrogen) atoms. The third-order valence-electron chi connectivity index (χ3n) is 6.77. The fourth-order valence-corrected chi connectivity index (χ4v) is 4.88. The number of fused-ring (bicyclic) bond motifs is 1. The molecule has 0 saturated carbocycles. The molecular formula is C28H34N2O5. The molecular weight excluding hydrogens is 444 g/mol. The maximum Gasteiger partial charge on any atom is 0.295 e. The molecule has 0 bridgehead atoms. The minimum absolute atomic E-state index is 0.0666. The Hall–Kier alpha value is -3.32. The van der Waals surface area contributed by atoms with Crippen LogP contribution in [-0.2, 0) is 16.0 Å². The molecule has 1 amide bonds. The number of carbonyl (C=O) groups is 2. The van der Waals surface area contributed by atoms with Crippen molar-refractivity contribution in [1.29, 1.82) is 0 Å². The van der Waals surface area contributed by atoms with Crippen LogP contribution in [0.3, 0.4) is 0 Å². The standard InChI is InChI=1S/C28H34N2O5/c1-5-29(6-2)14-15-30-25(19-8-11-22(12-9-19)34-7-3)24(27(32)28(30)33)26(31)20-10-13-23-21(17-20)16-18(4)35-23/h8-13,17-18,25,31H,5-7,14-16H2,1-4H3/t18-,25-/m1/s1. The number of hydrogen-bond donors (Lipinski definition) is 1. The monoisotopic (exact) mass is 478 g/mol. The van der Waals surface area contributed by atoms with Gasteiger partial charge in [0.15, 0.2) is 0 Å². The van der Waals surface area contributed by atoms with Crippen molar-refractivity contribution >= 4 is 17.4 Å². The number of likely N-dealkylation sites (tertiary alicyclic amines) is 1. The first-order valence-electron chi connectivity index (χ1n) is 12.4. The van der Waals surface area contributed by atoms with Crippen molar-refractivity contribution in [3.05, 3.63) is 64.7 Å². The molecule has 186 valence electrons. The topological polar surface area (TPSA) is 79.3 Å². The summed E-state index contributed by atoms with van der Waals surface area (Å²) in [6, 6.07) is 12.1. The third-order valence-corrected chi connectivity index (χ3v) is 6.77. The predicted octanol–water partition coefficient (Wildman–Crippen LogP) is 4.17. The Morgan fingerprint density at radius 2 is 1.83 bits per heavy atom. The second-order valence-corrected chi connectivity index (χ2v) is 8.98. The molecule has 2 aliphatic rings.